The molecule has 1 aromatic carbocycles. The van der Waals surface area contributed by atoms with E-state index in [1.807, 2.05) is 0 Å². The molecule has 0 aliphatic heterocycles. The van der Waals surface area contributed by atoms with E-state index in [2.05, 4.69) is 49.5 Å². The Morgan fingerprint density at radius 3 is 1.78 bits per heavy atom. The van der Waals surface area contributed by atoms with Gasteiger partial charge in [-0.05, 0) is 25.0 Å². The van der Waals surface area contributed by atoms with Gasteiger partial charge < -0.3 is 5.32 Å². The minimum Gasteiger partial charge on any atom is -0.382 e. The summed E-state index contributed by atoms with van der Waals surface area (Å²) in [4.78, 5) is 0. The van der Waals surface area contributed by atoms with Crippen molar-refractivity contribution in [2.24, 2.45) is 0 Å². The molecule has 1 unspecified atom stereocenters. The number of unbranched alkanes of at least 4 members (excludes halogenated alkanes) is 9. The van der Waals surface area contributed by atoms with Crippen molar-refractivity contribution in [3.8, 4) is 0 Å². The van der Waals surface area contributed by atoms with Gasteiger partial charge in [-0.2, -0.15) is 0 Å². The van der Waals surface area contributed by atoms with Crippen molar-refractivity contribution in [1.82, 2.24) is 0 Å². The van der Waals surface area contributed by atoms with Crippen LogP contribution < -0.4 is 5.32 Å². The van der Waals surface area contributed by atoms with E-state index in [0.29, 0.717) is 6.04 Å². The van der Waals surface area contributed by atoms with E-state index in [0.717, 1.165) is 0 Å². The molecule has 23 heavy (non-hydrogen) atoms. The van der Waals surface area contributed by atoms with Crippen molar-refractivity contribution in [2.75, 3.05) is 5.32 Å². The summed E-state index contributed by atoms with van der Waals surface area (Å²) in [5.41, 5.74) is 1.28. The second-order valence-electron chi connectivity index (χ2n) is 6.97. The van der Waals surface area contributed by atoms with Gasteiger partial charge in [-0.15, -0.1) is 0 Å². The maximum absolute atomic E-state index is 3.71. The Morgan fingerprint density at radius 2 is 1.22 bits per heavy atom. The third-order valence-corrected chi connectivity index (χ3v) is 4.69. The molecule has 0 radical (unpaired) electrons. The van der Waals surface area contributed by atoms with Crippen LogP contribution in [0, 0.1) is 0 Å². The van der Waals surface area contributed by atoms with Crippen molar-refractivity contribution in [1.29, 1.82) is 0 Å². The number of anilines is 1. The smallest absolute Gasteiger partial charge is 0.0342 e. The van der Waals surface area contributed by atoms with Crippen molar-refractivity contribution < 1.29 is 0 Å². The van der Waals surface area contributed by atoms with Gasteiger partial charge in [0.25, 0.3) is 0 Å². The molecule has 0 aliphatic rings. The van der Waals surface area contributed by atoms with Crippen LogP contribution in [0.4, 0.5) is 5.69 Å². The van der Waals surface area contributed by atoms with Crippen molar-refractivity contribution in [2.45, 2.75) is 103 Å². The van der Waals surface area contributed by atoms with Crippen LogP contribution in [-0.2, 0) is 0 Å². The zero-order valence-electron chi connectivity index (χ0n) is 15.7. The van der Waals surface area contributed by atoms with Crippen LogP contribution in [0.25, 0.3) is 0 Å². The average molecular weight is 318 g/mol. The highest BCUT2D eigenvalue weighted by Gasteiger charge is 2.07. The molecule has 1 rings (SSSR count). The molecule has 0 saturated carbocycles. The van der Waals surface area contributed by atoms with Crippen LogP contribution >= 0.6 is 0 Å². The normalized spacial score (nSPS) is 12.3. The fraction of sp³-hybridized carbons (Fsp3) is 0.727. The largest absolute Gasteiger partial charge is 0.382 e. The van der Waals surface area contributed by atoms with Gasteiger partial charge in [0.1, 0.15) is 0 Å². The minimum absolute atomic E-state index is 0.649. The highest BCUT2D eigenvalue weighted by atomic mass is 14.9. The summed E-state index contributed by atoms with van der Waals surface area (Å²) >= 11 is 0. The van der Waals surface area contributed by atoms with Crippen LogP contribution in [0.5, 0.6) is 0 Å². The van der Waals surface area contributed by atoms with Gasteiger partial charge in [0.05, 0.1) is 0 Å². The summed E-state index contributed by atoms with van der Waals surface area (Å²) in [6.45, 7) is 4.58. The average Bonchev–Trinajstić information content (AvgIpc) is 2.57. The van der Waals surface area contributed by atoms with E-state index < -0.39 is 0 Å². The number of para-hydroxylation sites is 1. The lowest BCUT2D eigenvalue weighted by atomic mass is 10.0. The zero-order valence-corrected chi connectivity index (χ0v) is 15.7. The second-order valence-corrected chi connectivity index (χ2v) is 6.97. The van der Waals surface area contributed by atoms with Crippen molar-refractivity contribution >= 4 is 5.69 Å². The Kier molecular flexibility index (Phi) is 12.7. The van der Waals surface area contributed by atoms with E-state index in [1.165, 1.54) is 89.2 Å². The molecule has 1 aromatic rings. The molecular weight excluding hydrogens is 278 g/mol. The van der Waals surface area contributed by atoms with Gasteiger partial charge in [0, 0.05) is 11.7 Å². The topological polar surface area (TPSA) is 12.0 Å². The predicted octanol–water partition coefficient (Wildman–Crippen LogP) is 7.58. The molecule has 1 nitrogen and oxygen atoms in total. The van der Waals surface area contributed by atoms with Gasteiger partial charge in [0.2, 0.25) is 0 Å². The summed E-state index contributed by atoms with van der Waals surface area (Å²) in [6, 6.07) is 11.3. The molecule has 1 atom stereocenters. The first-order valence-corrected chi connectivity index (χ1v) is 10.2. The summed E-state index contributed by atoms with van der Waals surface area (Å²) in [7, 11) is 0. The van der Waals surface area contributed by atoms with Crippen LogP contribution in [0.1, 0.15) is 97.3 Å². The third-order valence-electron chi connectivity index (χ3n) is 4.69. The molecular formula is C22H39N. The summed E-state index contributed by atoms with van der Waals surface area (Å²) < 4.78 is 0. The maximum Gasteiger partial charge on any atom is 0.0342 e. The molecule has 0 amide bonds. The van der Waals surface area contributed by atoms with Gasteiger partial charge >= 0.3 is 0 Å². The molecule has 0 aliphatic carbocycles. The Balaban J connectivity index is 2.02. The number of nitrogens with one attached hydrogen (secondary N) is 1. The molecule has 0 bridgehead atoms. The van der Waals surface area contributed by atoms with E-state index in [4.69, 9.17) is 0 Å². The number of hydrogen-bond acceptors (Lipinski definition) is 1. The fourth-order valence-electron chi connectivity index (χ4n) is 3.29. The van der Waals surface area contributed by atoms with E-state index in [-0.39, 0.29) is 0 Å². The molecule has 0 saturated heterocycles. The van der Waals surface area contributed by atoms with Crippen molar-refractivity contribution in [3.05, 3.63) is 30.3 Å². The van der Waals surface area contributed by atoms with Crippen molar-refractivity contribution in [3.63, 3.8) is 0 Å². The van der Waals surface area contributed by atoms with E-state index in [1.54, 1.807) is 0 Å². The first-order valence-electron chi connectivity index (χ1n) is 10.2. The van der Waals surface area contributed by atoms with Crippen LogP contribution in [0.3, 0.4) is 0 Å². The maximum atomic E-state index is 3.71. The summed E-state index contributed by atoms with van der Waals surface area (Å²) in [5.74, 6) is 0. The standard InChI is InChI=1S/C22H39N/c1-3-5-6-7-8-9-10-11-12-14-18-21(17-4-2)23-22-19-15-13-16-20-22/h13,15-16,19-21,23H,3-12,14,17-18H2,1-2H3. The van der Waals surface area contributed by atoms with Gasteiger partial charge in [-0.25, -0.2) is 0 Å². The first kappa shape index (κ1) is 20.1. The Morgan fingerprint density at radius 1 is 0.652 bits per heavy atom. The SMILES string of the molecule is CCCCCCCCCCCCC(CCC)Nc1ccccc1. The highest BCUT2D eigenvalue weighted by Crippen LogP contribution is 2.17. The summed E-state index contributed by atoms with van der Waals surface area (Å²) in [6.07, 6.45) is 18.1. The molecule has 0 aromatic heterocycles. The number of benzene rings is 1. The molecule has 132 valence electrons. The Labute approximate surface area is 145 Å². The highest BCUT2D eigenvalue weighted by molar-refractivity contribution is 5.43. The molecule has 1 heteroatoms. The number of hydrogen-bond donors (Lipinski definition) is 1. The first-order chi connectivity index (χ1) is 11.4. The fourth-order valence-corrected chi connectivity index (χ4v) is 3.29. The van der Waals surface area contributed by atoms with Crippen LogP contribution in [0.2, 0.25) is 0 Å². The quantitative estimate of drug-likeness (QED) is 0.329. The number of rotatable bonds is 15. The monoisotopic (exact) mass is 317 g/mol. The third kappa shape index (κ3) is 11.2. The lowest BCUT2D eigenvalue weighted by Crippen LogP contribution is -2.19. The van der Waals surface area contributed by atoms with Gasteiger partial charge in [0.15, 0.2) is 0 Å². The minimum atomic E-state index is 0.649. The molecule has 0 heterocycles. The molecule has 0 fully saturated rings. The Hall–Kier alpha value is -0.980. The van der Waals surface area contributed by atoms with Gasteiger partial charge in [-0.3, -0.25) is 0 Å². The summed E-state index contributed by atoms with van der Waals surface area (Å²) in [5, 5.41) is 3.71. The molecule has 1 N–H and O–H groups in total. The predicted molar refractivity (Wildman–Crippen MR) is 105 cm³/mol. The van der Waals surface area contributed by atoms with Crippen LogP contribution in [0.15, 0.2) is 30.3 Å². The molecule has 0 spiro atoms. The lowest BCUT2D eigenvalue weighted by molar-refractivity contribution is 0.518. The zero-order chi connectivity index (χ0) is 16.6. The van der Waals surface area contributed by atoms with Gasteiger partial charge in [-0.1, -0.05) is 103 Å². The van der Waals surface area contributed by atoms with Crippen LogP contribution in [-0.4, -0.2) is 6.04 Å². The lowest BCUT2D eigenvalue weighted by Gasteiger charge is -2.19. The van der Waals surface area contributed by atoms with E-state index in [9.17, 15) is 0 Å². The second kappa shape index (κ2) is 14.6. The van der Waals surface area contributed by atoms with E-state index >= 15 is 0 Å². The Bertz CT molecular complexity index is 346.